The Balaban J connectivity index is 1.50. The molecule has 0 spiro atoms. The van der Waals surface area contributed by atoms with Gasteiger partial charge >= 0.3 is 0 Å². The van der Waals surface area contributed by atoms with E-state index in [1.165, 1.54) is 14.2 Å². The zero-order chi connectivity index (χ0) is 23.4. The zero-order valence-corrected chi connectivity index (χ0v) is 19.1. The van der Waals surface area contributed by atoms with Crippen LogP contribution in [0.1, 0.15) is 17.3 Å². The summed E-state index contributed by atoms with van der Waals surface area (Å²) in [4.78, 5) is 29.7. The molecular formula is C24H29N3O6. The molecule has 176 valence electrons. The summed E-state index contributed by atoms with van der Waals surface area (Å²) in [6, 6.07) is 10.3. The van der Waals surface area contributed by atoms with Gasteiger partial charge in [-0.3, -0.25) is 14.5 Å². The molecule has 4 rings (SSSR count). The second-order valence-electron chi connectivity index (χ2n) is 7.94. The summed E-state index contributed by atoms with van der Waals surface area (Å²) in [6.45, 7) is 6.22. The number of methoxy groups -OCH3 is 2. The minimum Gasteiger partial charge on any atom is -0.497 e. The maximum Gasteiger partial charge on any atom is 0.267 e. The number of carbonyl (C=O) groups excluding carboxylic acids is 2. The number of amides is 2. The van der Waals surface area contributed by atoms with Gasteiger partial charge in [0.2, 0.25) is 0 Å². The van der Waals surface area contributed by atoms with Crippen LogP contribution in [-0.2, 0) is 9.53 Å². The minimum atomic E-state index is -0.601. The molecule has 2 amide bonds. The Morgan fingerprint density at radius 2 is 1.76 bits per heavy atom. The van der Waals surface area contributed by atoms with Crippen LogP contribution in [0.5, 0.6) is 17.2 Å². The number of hydrogen-bond donors (Lipinski definition) is 1. The molecule has 0 aliphatic carbocycles. The van der Waals surface area contributed by atoms with Gasteiger partial charge in [0.15, 0.2) is 6.10 Å². The second-order valence-corrected chi connectivity index (χ2v) is 7.94. The normalized spacial score (nSPS) is 18.3. The third kappa shape index (κ3) is 5.20. The molecule has 2 heterocycles. The molecule has 1 atom stereocenters. The first-order valence-corrected chi connectivity index (χ1v) is 10.9. The summed E-state index contributed by atoms with van der Waals surface area (Å²) in [7, 11) is 3.06. The lowest BCUT2D eigenvalue weighted by molar-refractivity contribution is -0.125. The molecule has 9 nitrogen and oxygen atoms in total. The van der Waals surface area contributed by atoms with Crippen molar-refractivity contribution in [1.29, 1.82) is 0 Å². The topological polar surface area (TPSA) is 89.6 Å². The van der Waals surface area contributed by atoms with Crippen LogP contribution >= 0.6 is 0 Å². The lowest BCUT2D eigenvalue weighted by Crippen LogP contribution is -2.48. The molecule has 1 unspecified atom stereocenters. The van der Waals surface area contributed by atoms with Crippen molar-refractivity contribution in [3.8, 4) is 17.2 Å². The number of ether oxygens (including phenoxy) is 4. The van der Waals surface area contributed by atoms with E-state index in [1.807, 2.05) is 0 Å². The van der Waals surface area contributed by atoms with Crippen molar-refractivity contribution in [3.05, 3.63) is 42.0 Å². The van der Waals surface area contributed by atoms with Gasteiger partial charge in [-0.25, -0.2) is 0 Å². The predicted octanol–water partition coefficient (Wildman–Crippen LogP) is 2.40. The van der Waals surface area contributed by atoms with Gasteiger partial charge in [0.05, 0.1) is 33.1 Å². The van der Waals surface area contributed by atoms with Gasteiger partial charge < -0.3 is 29.2 Å². The first-order valence-electron chi connectivity index (χ1n) is 10.9. The highest BCUT2D eigenvalue weighted by Gasteiger charge is 2.32. The van der Waals surface area contributed by atoms with Crippen LogP contribution in [0.3, 0.4) is 0 Å². The van der Waals surface area contributed by atoms with E-state index in [4.69, 9.17) is 18.9 Å². The maximum absolute atomic E-state index is 12.8. The SMILES string of the molecule is COc1cc(OC)cc(C(=O)Nc2ccc3c(c2)OC(C)C(=O)N3CCN2CCOCC2)c1. The van der Waals surface area contributed by atoms with Gasteiger partial charge in [0, 0.05) is 49.6 Å². The van der Waals surface area contributed by atoms with Crippen LogP contribution in [0.25, 0.3) is 0 Å². The molecule has 1 saturated heterocycles. The predicted molar refractivity (Wildman–Crippen MR) is 124 cm³/mol. The standard InChI is InChI=1S/C24H29N3O6/c1-16-24(29)27(7-6-26-8-10-32-11-9-26)21-5-4-18(14-22(21)33-16)25-23(28)17-12-19(30-2)15-20(13-17)31-3/h4-5,12-16H,6-11H2,1-3H3,(H,25,28). The first-order chi connectivity index (χ1) is 16.0. The van der Waals surface area contributed by atoms with E-state index in [-0.39, 0.29) is 11.8 Å². The third-order valence-electron chi connectivity index (χ3n) is 5.78. The maximum atomic E-state index is 12.8. The van der Waals surface area contributed by atoms with E-state index in [0.717, 1.165) is 19.6 Å². The molecule has 2 aliphatic rings. The van der Waals surface area contributed by atoms with Gasteiger partial charge in [0.25, 0.3) is 11.8 Å². The number of morpholine rings is 1. The fraction of sp³-hybridized carbons (Fsp3) is 0.417. The number of anilines is 2. The molecule has 2 aromatic carbocycles. The van der Waals surface area contributed by atoms with Crippen LogP contribution in [0, 0.1) is 0 Å². The number of nitrogens with zero attached hydrogens (tertiary/aromatic N) is 2. The van der Waals surface area contributed by atoms with Gasteiger partial charge in [-0.1, -0.05) is 0 Å². The molecule has 9 heteroatoms. The Morgan fingerprint density at radius 1 is 1.06 bits per heavy atom. The average molecular weight is 456 g/mol. The Hall–Kier alpha value is -3.30. The van der Waals surface area contributed by atoms with Crippen LogP contribution in [0.15, 0.2) is 36.4 Å². The number of rotatable bonds is 7. The van der Waals surface area contributed by atoms with Crippen LogP contribution in [0.2, 0.25) is 0 Å². The van der Waals surface area contributed by atoms with E-state index in [2.05, 4.69) is 10.2 Å². The summed E-state index contributed by atoms with van der Waals surface area (Å²) in [5.41, 5.74) is 1.67. The van der Waals surface area contributed by atoms with Crippen molar-refractivity contribution >= 4 is 23.2 Å². The molecule has 0 saturated carbocycles. The molecule has 0 radical (unpaired) electrons. The summed E-state index contributed by atoms with van der Waals surface area (Å²) < 4.78 is 21.7. The van der Waals surface area contributed by atoms with Gasteiger partial charge in [0.1, 0.15) is 17.2 Å². The van der Waals surface area contributed by atoms with Crippen LogP contribution < -0.4 is 24.4 Å². The van der Waals surface area contributed by atoms with Crippen LogP contribution in [-0.4, -0.2) is 76.4 Å². The van der Waals surface area contributed by atoms with Gasteiger partial charge in [-0.15, -0.1) is 0 Å². The van der Waals surface area contributed by atoms with E-state index >= 15 is 0 Å². The van der Waals surface area contributed by atoms with Crippen molar-refractivity contribution in [2.45, 2.75) is 13.0 Å². The smallest absolute Gasteiger partial charge is 0.267 e. The minimum absolute atomic E-state index is 0.0731. The van der Waals surface area contributed by atoms with Gasteiger partial charge in [-0.05, 0) is 31.2 Å². The number of fused-ring (bicyclic) bond motifs is 1. The molecular weight excluding hydrogens is 426 g/mol. The number of carbonyl (C=O) groups is 2. The summed E-state index contributed by atoms with van der Waals surface area (Å²) >= 11 is 0. The van der Waals surface area contributed by atoms with Crippen molar-refractivity contribution in [2.24, 2.45) is 0 Å². The van der Waals surface area contributed by atoms with Crippen molar-refractivity contribution in [3.63, 3.8) is 0 Å². The Kier molecular flexibility index (Phi) is 7.00. The lowest BCUT2D eigenvalue weighted by atomic mass is 10.1. The van der Waals surface area contributed by atoms with Crippen molar-refractivity contribution in [1.82, 2.24) is 4.90 Å². The molecule has 1 fully saturated rings. The largest absolute Gasteiger partial charge is 0.497 e. The molecule has 33 heavy (non-hydrogen) atoms. The first kappa shape index (κ1) is 22.9. The van der Waals surface area contributed by atoms with Gasteiger partial charge in [-0.2, -0.15) is 0 Å². The van der Waals surface area contributed by atoms with Crippen molar-refractivity contribution < 1.29 is 28.5 Å². The summed E-state index contributed by atoms with van der Waals surface area (Å²) in [6.07, 6.45) is -0.601. The highest BCUT2D eigenvalue weighted by atomic mass is 16.5. The fourth-order valence-corrected chi connectivity index (χ4v) is 3.93. The number of benzene rings is 2. The lowest BCUT2D eigenvalue weighted by Gasteiger charge is -2.35. The Labute approximate surface area is 193 Å². The van der Waals surface area contributed by atoms with Crippen LogP contribution in [0.4, 0.5) is 11.4 Å². The Morgan fingerprint density at radius 3 is 2.42 bits per heavy atom. The van der Waals surface area contributed by atoms with E-state index in [9.17, 15) is 9.59 Å². The monoisotopic (exact) mass is 455 g/mol. The molecule has 0 aromatic heterocycles. The second kappa shape index (κ2) is 10.1. The third-order valence-corrected chi connectivity index (χ3v) is 5.78. The Bertz CT molecular complexity index is 999. The number of hydrogen-bond acceptors (Lipinski definition) is 7. The summed E-state index contributed by atoms with van der Waals surface area (Å²) in [5, 5.41) is 2.88. The zero-order valence-electron chi connectivity index (χ0n) is 19.1. The molecule has 0 bridgehead atoms. The highest BCUT2D eigenvalue weighted by Crippen LogP contribution is 2.36. The fourth-order valence-electron chi connectivity index (χ4n) is 3.93. The van der Waals surface area contributed by atoms with Crippen molar-refractivity contribution in [2.75, 3.05) is 63.8 Å². The number of nitrogens with one attached hydrogen (secondary N) is 1. The molecule has 2 aromatic rings. The highest BCUT2D eigenvalue weighted by molar-refractivity contribution is 6.05. The molecule has 1 N–H and O–H groups in total. The van der Waals surface area contributed by atoms with E-state index in [1.54, 1.807) is 48.2 Å². The quantitative estimate of drug-likeness (QED) is 0.686. The average Bonchev–Trinajstić information content (AvgIpc) is 2.84. The van der Waals surface area contributed by atoms with E-state index in [0.29, 0.717) is 53.9 Å². The molecule has 2 aliphatic heterocycles. The van der Waals surface area contributed by atoms with E-state index < -0.39 is 6.10 Å². The summed E-state index contributed by atoms with van der Waals surface area (Å²) in [5.74, 6) is 1.23.